The molecule has 0 fully saturated rings. The average molecular weight is 293 g/mol. The molecule has 0 saturated heterocycles. The zero-order valence-electron chi connectivity index (χ0n) is 10.4. The summed E-state index contributed by atoms with van der Waals surface area (Å²) in [6.07, 6.45) is 3.20. The van der Waals surface area contributed by atoms with Crippen LogP contribution in [0.5, 0.6) is 0 Å². The molecule has 98 valence electrons. The molecule has 2 N–H and O–H groups in total. The minimum atomic E-state index is 0.242. The van der Waals surface area contributed by atoms with Crippen LogP contribution in [0.4, 0.5) is 5.82 Å². The number of rotatable bonds is 4. The number of halogens is 1. The summed E-state index contributed by atoms with van der Waals surface area (Å²) in [5.74, 6) is 0.671. The minimum Gasteiger partial charge on any atom is -0.388 e. The molecule has 2 rings (SSSR count). The normalized spacial score (nSPS) is 10.2. The fraction of sp³-hybridized carbons (Fsp3) is 0.154. The molecule has 0 bridgehead atoms. The van der Waals surface area contributed by atoms with E-state index < -0.39 is 0 Å². The van der Waals surface area contributed by atoms with Gasteiger partial charge in [0, 0.05) is 31.0 Å². The molecule has 6 heteroatoms. The molecular formula is C13H13ClN4S. The third-order valence-electron chi connectivity index (χ3n) is 2.61. The van der Waals surface area contributed by atoms with Crippen LogP contribution in [0, 0.1) is 0 Å². The van der Waals surface area contributed by atoms with Gasteiger partial charge in [0.2, 0.25) is 0 Å². The quantitative estimate of drug-likeness (QED) is 0.877. The van der Waals surface area contributed by atoms with Crippen LogP contribution in [-0.4, -0.2) is 22.0 Å². The van der Waals surface area contributed by atoms with Crippen molar-refractivity contribution in [3.8, 4) is 0 Å². The summed E-state index contributed by atoms with van der Waals surface area (Å²) in [5, 5.41) is 0.717. The zero-order chi connectivity index (χ0) is 13.8. The lowest BCUT2D eigenvalue weighted by Gasteiger charge is -2.20. The van der Waals surface area contributed by atoms with E-state index in [9.17, 15) is 0 Å². The Morgan fingerprint density at radius 3 is 2.53 bits per heavy atom. The first-order chi connectivity index (χ1) is 9.08. The van der Waals surface area contributed by atoms with Crippen molar-refractivity contribution < 1.29 is 0 Å². The Morgan fingerprint density at radius 1 is 1.26 bits per heavy atom. The number of benzene rings is 1. The lowest BCUT2D eigenvalue weighted by atomic mass is 10.2. The van der Waals surface area contributed by atoms with Crippen LogP contribution < -0.4 is 10.6 Å². The molecule has 0 aliphatic rings. The number of nitrogens with zero attached hydrogens (tertiary/aromatic N) is 3. The van der Waals surface area contributed by atoms with Crippen LogP contribution in [0.2, 0.25) is 5.02 Å². The smallest absolute Gasteiger partial charge is 0.157 e. The summed E-state index contributed by atoms with van der Waals surface area (Å²) in [6.45, 7) is 0.672. The molecule has 0 aliphatic carbocycles. The first-order valence-electron chi connectivity index (χ1n) is 5.64. The maximum Gasteiger partial charge on any atom is 0.157 e. The first-order valence-corrected chi connectivity index (χ1v) is 6.43. The largest absolute Gasteiger partial charge is 0.388 e. The second kappa shape index (κ2) is 5.95. The Balaban J connectivity index is 2.22. The lowest BCUT2D eigenvalue weighted by Crippen LogP contribution is -2.23. The van der Waals surface area contributed by atoms with E-state index in [1.165, 1.54) is 0 Å². The lowest BCUT2D eigenvalue weighted by molar-refractivity contribution is 0.887. The monoisotopic (exact) mass is 292 g/mol. The maximum absolute atomic E-state index is 5.86. The standard InChI is InChI=1S/C13H13ClN4S/c1-18(8-9-2-4-10(14)5-3-9)13-11(12(15)19)16-6-7-17-13/h2-7H,8H2,1H3,(H2,15,19). The van der Waals surface area contributed by atoms with Gasteiger partial charge in [-0.05, 0) is 17.7 Å². The predicted molar refractivity (Wildman–Crippen MR) is 81.5 cm³/mol. The predicted octanol–water partition coefficient (Wildman–Crippen LogP) is 2.40. The summed E-state index contributed by atoms with van der Waals surface area (Å²) in [7, 11) is 1.92. The molecule has 1 heterocycles. The Hall–Kier alpha value is -1.72. The molecule has 2 aromatic rings. The third-order valence-corrected chi connectivity index (χ3v) is 3.05. The Bertz CT molecular complexity index is 585. The molecule has 1 aromatic carbocycles. The van der Waals surface area contributed by atoms with E-state index in [1.54, 1.807) is 12.4 Å². The first kappa shape index (κ1) is 13.7. The number of hydrogen-bond donors (Lipinski definition) is 1. The summed E-state index contributed by atoms with van der Waals surface area (Å²) in [6, 6.07) is 7.65. The zero-order valence-corrected chi connectivity index (χ0v) is 11.9. The van der Waals surface area contributed by atoms with Crippen molar-refractivity contribution in [1.82, 2.24) is 9.97 Å². The van der Waals surface area contributed by atoms with Gasteiger partial charge < -0.3 is 10.6 Å². The third kappa shape index (κ3) is 3.39. The number of aromatic nitrogens is 2. The fourth-order valence-corrected chi connectivity index (χ4v) is 1.99. The molecule has 0 atom stereocenters. The number of hydrogen-bond acceptors (Lipinski definition) is 4. The molecule has 0 unspecified atom stereocenters. The highest BCUT2D eigenvalue weighted by molar-refractivity contribution is 7.80. The maximum atomic E-state index is 5.86. The second-order valence-electron chi connectivity index (χ2n) is 4.08. The van der Waals surface area contributed by atoms with Gasteiger partial charge in [-0.1, -0.05) is 36.0 Å². The molecule has 0 radical (unpaired) electrons. The molecule has 1 aromatic heterocycles. The summed E-state index contributed by atoms with van der Waals surface area (Å²) in [5.41, 5.74) is 7.30. The van der Waals surface area contributed by atoms with Crippen LogP contribution in [0.25, 0.3) is 0 Å². The van der Waals surface area contributed by atoms with Crippen molar-refractivity contribution in [1.29, 1.82) is 0 Å². The van der Waals surface area contributed by atoms with Gasteiger partial charge in [0.15, 0.2) is 5.82 Å². The van der Waals surface area contributed by atoms with E-state index in [1.807, 2.05) is 36.2 Å². The van der Waals surface area contributed by atoms with Gasteiger partial charge in [0.25, 0.3) is 0 Å². The highest BCUT2D eigenvalue weighted by atomic mass is 35.5. The van der Waals surface area contributed by atoms with Gasteiger partial charge in [0.1, 0.15) is 10.7 Å². The second-order valence-corrected chi connectivity index (χ2v) is 4.95. The number of nitrogens with two attached hydrogens (primary N) is 1. The molecule has 0 amide bonds. The van der Waals surface area contributed by atoms with Gasteiger partial charge in [0.05, 0.1) is 0 Å². The van der Waals surface area contributed by atoms with Crippen molar-refractivity contribution in [3.05, 3.63) is 52.9 Å². The topological polar surface area (TPSA) is 55.0 Å². The highest BCUT2D eigenvalue weighted by Crippen LogP contribution is 2.17. The van der Waals surface area contributed by atoms with Gasteiger partial charge in [-0.3, -0.25) is 0 Å². The van der Waals surface area contributed by atoms with Crippen molar-refractivity contribution in [3.63, 3.8) is 0 Å². The van der Waals surface area contributed by atoms with Crippen LogP contribution >= 0.6 is 23.8 Å². The van der Waals surface area contributed by atoms with Crippen LogP contribution in [-0.2, 0) is 6.54 Å². The van der Waals surface area contributed by atoms with E-state index in [2.05, 4.69) is 9.97 Å². The van der Waals surface area contributed by atoms with E-state index in [0.29, 0.717) is 18.1 Å². The van der Waals surface area contributed by atoms with Crippen molar-refractivity contribution in [2.45, 2.75) is 6.54 Å². The SMILES string of the molecule is CN(Cc1ccc(Cl)cc1)c1nccnc1C(N)=S. The Labute approximate surface area is 122 Å². The molecular weight excluding hydrogens is 280 g/mol. The fourth-order valence-electron chi connectivity index (χ4n) is 1.72. The van der Waals surface area contributed by atoms with Gasteiger partial charge in [-0.2, -0.15) is 0 Å². The van der Waals surface area contributed by atoms with Gasteiger partial charge >= 0.3 is 0 Å². The highest BCUT2D eigenvalue weighted by Gasteiger charge is 2.12. The van der Waals surface area contributed by atoms with Crippen molar-refractivity contribution in [2.24, 2.45) is 5.73 Å². The van der Waals surface area contributed by atoms with Gasteiger partial charge in [-0.15, -0.1) is 0 Å². The summed E-state index contributed by atoms with van der Waals surface area (Å²) < 4.78 is 0. The van der Waals surface area contributed by atoms with E-state index in [4.69, 9.17) is 29.6 Å². The Kier molecular flexibility index (Phi) is 4.29. The molecule has 0 spiro atoms. The number of thiocarbonyl (C=S) groups is 1. The van der Waals surface area contributed by atoms with Crippen molar-refractivity contribution in [2.75, 3.05) is 11.9 Å². The van der Waals surface area contributed by atoms with E-state index >= 15 is 0 Å². The summed E-state index contributed by atoms with van der Waals surface area (Å²) >= 11 is 10.8. The minimum absolute atomic E-state index is 0.242. The van der Waals surface area contributed by atoms with Crippen LogP contribution in [0.15, 0.2) is 36.7 Å². The van der Waals surface area contributed by atoms with Crippen LogP contribution in [0.1, 0.15) is 11.3 Å². The molecule has 0 saturated carbocycles. The number of anilines is 1. The molecule has 4 nitrogen and oxygen atoms in total. The summed E-state index contributed by atoms with van der Waals surface area (Å²) in [4.78, 5) is 10.6. The molecule has 19 heavy (non-hydrogen) atoms. The van der Waals surface area contributed by atoms with E-state index in [0.717, 1.165) is 10.6 Å². The van der Waals surface area contributed by atoms with Crippen molar-refractivity contribution >= 4 is 34.6 Å². The van der Waals surface area contributed by atoms with Gasteiger partial charge in [-0.25, -0.2) is 9.97 Å². The average Bonchev–Trinajstić information content (AvgIpc) is 2.41. The molecule has 0 aliphatic heterocycles. The van der Waals surface area contributed by atoms with E-state index in [-0.39, 0.29) is 4.99 Å². The van der Waals surface area contributed by atoms with Crippen LogP contribution in [0.3, 0.4) is 0 Å². The Morgan fingerprint density at radius 2 is 1.89 bits per heavy atom.